The van der Waals surface area contributed by atoms with Crippen molar-refractivity contribution in [3.63, 3.8) is 0 Å². The molecule has 1 aromatic rings. The highest BCUT2D eigenvalue weighted by atomic mass is 19.3. The summed E-state index contributed by atoms with van der Waals surface area (Å²) in [5, 5.41) is 3.29. The molecule has 0 unspecified atom stereocenters. The summed E-state index contributed by atoms with van der Waals surface area (Å²) in [4.78, 5) is 14.6. The van der Waals surface area contributed by atoms with E-state index in [9.17, 15) is 13.6 Å². The van der Waals surface area contributed by atoms with E-state index in [4.69, 9.17) is 0 Å². The van der Waals surface area contributed by atoms with Crippen molar-refractivity contribution in [3.05, 3.63) is 29.8 Å². The third-order valence-corrected chi connectivity index (χ3v) is 3.80. The topological polar surface area (TPSA) is 41.6 Å². The Balaban J connectivity index is 2.08. The number of halogens is 2. The van der Waals surface area contributed by atoms with E-state index in [-0.39, 0.29) is 17.7 Å². The molecule has 0 atom stereocenters. The molecule has 0 radical (unpaired) electrons. The molecule has 0 bridgehead atoms. The molecule has 1 aromatic carbocycles. The third kappa shape index (κ3) is 4.40. The summed E-state index contributed by atoms with van der Waals surface area (Å²) >= 11 is 0. The van der Waals surface area contributed by atoms with Crippen molar-refractivity contribution in [2.75, 3.05) is 19.6 Å². The number of hydrogen-bond donors (Lipinski definition) is 1. The van der Waals surface area contributed by atoms with E-state index < -0.39 is 6.61 Å². The van der Waals surface area contributed by atoms with Gasteiger partial charge in [0.2, 0.25) is 0 Å². The molecule has 0 aromatic heterocycles. The number of nitrogens with one attached hydrogen (secondary N) is 1. The SMILES string of the molecule is CCCN(C(=O)c1ccc(OC(F)F)cc1)C1CCNCC1. The lowest BCUT2D eigenvalue weighted by Crippen LogP contribution is -2.46. The first-order valence-electron chi connectivity index (χ1n) is 7.68. The van der Waals surface area contributed by atoms with Gasteiger partial charge in [-0.25, -0.2) is 0 Å². The van der Waals surface area contributed by atoms with Crippen LogP contribution in [0.5, 0.6) is 5.75 Å². The second kappa shape index (κ2) is 8.08. The molecular formula is C16H22F2N2O2. The maximum Gasteiger partial charge on any atom is 0.387 e. The number of carbonyl (C=O) groups is 1. The number of alkyl halides is 2. The first kappa shape index (κ1) is 16.7. The van der Waals surface area contributed by atoms with Gasteiger partial charge < -0.3 is 15.0 Å². The monoisotopic (exact) mass is 312 g/mol. The maximum absolute atomic E-state index is 12.7. The van der Waals surface area contributed by atoms with E-state index in [1.54, 1.807) is 12.1 Å². The maximum atomic E-state index is 12.7. The fourth-order valence-electron chi connectivity index (χ4n) is 2.75. The van der Waals surface area contributed by atoms with Crippen molar-refractivity contribution in [2.45, 2.75) is 38.8 Å². The van der Waals surface area contributed by atoms with E-state index >= 15 is 0 Å². The van der Waals surface area contributed by atoms with Crippen molar-refractivity contribution in [2.24, 2.45) is 0 Å². The number of rotatable bonds is 6. The zero-order chi connectivity index (χ0) is 15.9. The van der Waals surface area contributed by atoms with Gasteiger partial charge in [-0.1, -0.05) is 6.92 Å². The molecule has 1 aliphatic heterocycles. The summed E-state index contributed by atoms with van der Waals surface area (Å²) in [6.07, 6.45) is 2.78. The van der Waals surface area contributed by atoms with Gasteiger partial charge in [0, 0.05) is 18.2 Å². The Morgan fingerprint density at radius 3 is 2.50 bits per heavy atom. The molecule has 0 saturated carbocycles. The molecule has 0 aliphatic carbocycles. The van der Waals surface area contributed by atoms with Crippen LogP contribution < -0.4 is 10.1 Å². The van der Waals surface area contributed by atoms with Gasteiger partial charge in [-0.2, -0.15) is 8.78 Å². The lowest BCUT2D eigenvalue weighted by Gasteiger charge is -2.34. The molecule has 122 valence electrons. The molecule has 1 fully saturated rings. The first-order chi connectivity index (χ1) is 10.6. The smallest absolute Gasteiger partial charge is 0.387 e. The molecule has 0 spiro atoms. The molecule has 1 aliphatic rings. The molecule has 1 amide bonds. The Labute approximate surface area is 129 Å². The van der Waals surface area contributed by atoms with Crippen LogP contribution in [0, 0.1) is 0 Å². The predicted octanol–water partition coefficient (Wildman–Crippen LogP) is 2.89. The molecule has 1 heterocycles. The Morgan fingerprint density at radius 2 is 1.95 bits per heavy atom. The quantitative estimate of drug-likeness (QED) is 0.878. The molecule has 1 N–H and O–H groups in total. The second-order valence-electron chi connectivity index (χ2n) is 5.38. The van der Waals surface area contributed by atoms with Crippen LogP contribution in [0.1, 0.15) is 36.5 Å². The summed E-state index contributed by atoms with van der Waals surface area (Å²) in [6, 6.07) is 6.15. The van der Waals surface area contributed by atoms with Gasteiger partial charge in [-0.3, -0.25) is 4.79 Å². The molecule has 4 nitrogen and oxygen atoms in total. The standard InChI is InChI=1S/C16H22F2N2O2/c1-2-11-20(13-7-9-19-10-8-13)15(21)12-3-5-14(6-4-12)22-16(17)18/h3-6,13,16,19H,2,7-11H2,1H3. The van der Waals surface area contributed by atoms with Crippen molar-refractivity contribution in [1.82, 2.24) is 10.2 Å². The van der Waals surface area contributed by atoms with E-state index in [2.05, 4.69) is 10.1 Å². The van der Waals surface area contributed by atoms with Gasteiger partial charge >= 0.3 is 6.61 Å². The second-order valence-corrected chi connectivity index (χ2v) is 5.38. The molecule has 6 heteroatoms. The average molecular weight is 312 g/mol. The van der Waals surface area contributed by atoms with Crippen molar-refractivity contribution in [1.29, 1.82) is 0 Å². The zero-order valence-electron chi connectivity index (χ0n) is 12.7. The highest BCUT2D eigenvalue weighted by molar-refractivity contribution is 5.94. The van der Waals surface area contributed by atoms with E-state index in [0.717, 1.165) is 32.4 Å². The Morgan fingerprint density at radius 1 is 1.32 bits per heavy atom. The summed E-state index contributed by atoms with van der Waals surface area (Å²) in [6.45, 7) is 1.73. The van der Waals surface area contributed by atoms with Crippen molar-refractivity contribution in [3.8, 4) is 5.75 Å². The Bertz CT molecular complexity index is 474. The van der Waals surface area contributed by atoms with Gasteiger partial charge in [-0.05, 0) is 56.6 Å². The van der Waals surface area contributed by atoms with Crippen LogP contribution in [0.3, 0.4) is 0 Å². The minimum absolute atomic E-state index is 0.0441. The number of piperidine rings is 1. The minimum Gasteiger partial charge on any atom is -0.435 e. The third-order valence-electron chi connectivity index (χ3n) is 3.80. The van der Waals surface area contributed by atoms with Gasteiger partial charge in [-0.15, -0.1) is 0 Å². The summed E-state index contributed by atoms with van der Waals surface area (Å²) in [5.74, 6) is 0.0211. The fourth-order valence-corrected chi connectivity index (χ4v) is 2.75. The van der Waals surface area contributed by atoms with Crippen LogP contribution in [0.2, 0.25) is 0 Å². The highest BCUT2D eigenvalue weighted by Gasteiger charge is 2.25. The number of benzene rings is 1. The summed E-state index contributed by atoms with van der Waals surface area (Å²) in [7, 11) is 0. The number of nitrogens with zero attached hydrogens (tertiary/aromatic N) is 1. The van der Waals surface area contributed by atoms with Crippen LogP contribution in [-0.4, -0.2) is 43.1 Å². The lowest BCUT2D eigenvalue weighted by atomic mass is 10.0. The minimum atomic E-state index is -2.85. The van der Waals surface area contributed by atoms with Gasteiger partial charge in [0.15, 0.2) is 0 Å². The predicted molar refractivity (Wildman–Crippen MR) is 80.3 cm³/mol. The molecule has 2 rings (SSSR count). The highest BCUT2D eigenvalue weighted by Crippen LogP contribution is 2.19. The number of ether oxygens (including phenoxy) is 1. The van der Waals surface area contributed by atoms with Crippen LogP contribution >= 0.6 is 0 Å². The van der Waals surface area contributed by atoms with Crippen molar-refractivity contribution >= 4 is 5.91 Å². The molecular weight excluding hydrogens is 290 g/mol. The number of amides is 1. The van der Waals surface area contributed by atoms with Crippen molar-refractivity contribution < 1.29 is 18.3 Å². The zero-order valence-corrected chi connectivity index (χ0v) is 12.7. The van der Waals surface area contributed by atoms with Crippen LogP contribution in [0.4, 0.5) is 8.78 Å². The first-order valence-corrected chi connectivity index (χ1v) is 7.68. The average Bonchev–Trinajstić information content (AvgIpc) is 2.53. The lowest BCUT2D eigenvalue weighted by molar-refractivity contribution is -0.0498. The summed E-state index contributed by atoms with van der Waals surface area (Å²) < 4.78 is 28.6. The van der Waals surface area contributed by atoms with E-state index in [1.807, 2.05) is 11.8 Å². The molecule has 22 heavy (non-hydrogen) atoms. The van der Waals surface area contributed by atoms with Gasteiger partial charge in [0.25, 0.3) is 5.91 Å². The van der Waals surface area contributed by atoms with Crippen LogP contribution in [-0.2, 0) is 0 Å². The number of hydrogen-bond acceptors (Lipinski definition) is 3. The Hall–Kier alpha value is -1.69. The Kier molecular flexibility index (Phi) is 6.12. The van der Waals surface area contributed by atoms with Crippen LogP contribution in [0.25, 0.3) is 0 Å². The van der Waals surface area contributed by atoms with Gasteiger partial charge in [0.05, 0.1) is 0 Å². The van der Waals surface area contributed by atoms with E-state index in [1.165, 1.54) is 12.1 Å². The largest absolute Gasteiger partial charge is 0.435 e. The fraction of sp³-hybridized carbons (Fsp3) is 0.562. The molecule has 1 saturated heterocycles. The van der Waals surface area contributed by atoms with Gasteiger partial charge in [0.1, 0.15) is 5.75 Å². The normalized spacial score (nSPS) is 15.8. The number of carbonyl (C=O) groups excluding carboxylic acids is 1. The summed E-state index contributed by atoms with van der Waals surface area (Å²) in [5.41, 5.74) is 0.508. The van der Waals surface area contributed by atoms with E-state index in [0.29, 0.717) is 12.1 Å². The van der Waals surface area contributed by atoms with Crippen LogP contribution in [0.15, 0.2) is 24.3 Å².